The Bertz CT molecular complexity index is 379. The lowest BCUT2D eigenvalue weighted by atomic mass is 9.76. The van der Waals surface area contributed by atoms with Crippen LogP contribution in [0.1, 0.15) is 45.4 Å². The van der Waals surface area contributed by atoms with Crippen molar-refractivity contribution in [2.45, 2.75) is 57.6 Å². The molecule has 1 aliphatic carbocycles. The van der Waals surface area contributed by atoms with Crippen LogP contribution in [0.5, 0.6) is 0 Å². The molecule has 0 aromatic heterocycles. The standard InChI is InChI=1S/C14H24N2O4/c1-14(5-3-2-4-6-14)9-15-13(20)16-8-10(17)7-11(16)12(18)19/h10-11,17H,2-9H2,1H3,(H,15,20)(H,18,19)/t10?,11-/m0/s1. The molecule has 1 heterocycles. The zero-order valence-electron chi connectivity index (χ0n) is 12.0. The summed E-state index contributed by atoms with van der Waals surface area (Å²) in [6.45, 7) is 2.84. The van der Waals surface area contributed by atoms with Gasteiger partial charge in [-0.15, -0.1) is 0 Å². The Labute approximate surface area is 119 Å². The van der Waals surface area contributed by atoms with E-state index in [0.29, 0.717) is 6.54 Å². The van der Waals surface area contributed by atoms with Crippen LogP contribution < -0.4 is 5.32 Å². The molecular formula is C14H24N2O4. The maximum atomic E-state index is 12.1. The highest BCUT2D eigenvalue weighted by molar-refractivity contribution is 5.83. The summed E-state index contributed by atoms with van der Waals surface area (Å²) in [6.07, 6.45) is 5.19. The maximum Gasteiger partial charge on any atom is 0.326 e. The summed E-state index contributed by atoms with van der Waals surface area (Å²) in [5.74, 6) is -1.06. The number of carboxylic acid groups (broad SMARTS) is 1. The minimum atomic E-state index is -1.06. The molecule has 1 saturated heterocycles. The summed E-state index contributed by atoms with van der Waals surface area (Å²) in [6, 6.07) is -1.29. The Morgan fingerprint density at radius 1 is 1.30 bits per heavy atom. The molecule has 2 fully saturated rings. The van der Waals surface area contributed by atoms with Gasteiger partial charge < -0.3 is 20.4 Å². The lowest BCUT2D eigenvalue weighted by Crippen LogP contribution is -2.48. The van der Waals surface area contributed by atoms with E-state index < -0.39 is 18.1 Å². The summed E-state index contributed by atoms with van der Waals surface area (Å²) in [4.78, 5) is 24.5. The third-order valence-electron chi connectivity index (χ3n) is 4.55. The van der Waals surface area contributed by atoms with Crippen LogP contribution in [0.25, 0.3) is 0 Å². The van der Waals surface area contributed by atoms with Crippen LogP contribution in [-0.2, 0) is 4.79 Å². The number of carbonyl (C=O) groups excluding carboxylic acids is 1. The van der Waals surface area contributed by atoms with Crippen LogP contribution in [0, 0.1) is 5.41 Å². The van der Waals surface area contributed by atoms with Crippen molar-refractivity contribution >= 4 is 12.0 Å². The molecule has 1 aliphatic heterocycles. The summed E-state index contributed by atoms with van der Waals surface area (Å²) in [5, 5.41) is 21.5. The Balaban J connectivity index is 1.89. The van der Waals surface area contributed by atoms with E-state index in [1.807, 2.05) is 0 Å². The SMILES string of the molecule is CC1(CNC(=O)N2CC(O)C[C@H]2C(=O)O)CCCCC1. The number of urea groups is 1. The smallest absolute Gasteiger partial charge is 0.326 e. The lowest BCUT2D eigenvalue weighted by molar-refractivity contribution is -0.141. The van der Waals surface area contributed by atoms with Gasteiger partial charge in [-0.3, -0.25) is 0 Å². The van der Waals surface area contributed by atoms with Gasteiger partial charge in [-0.05, 0) is 18.3 Å². The van der Waals surface area contributed by atoms with Crippen molar-refractivity contribution in [1.29, 1.82) is 0 Å². The monoisotopic (exact) mass is 284 g/mol. The second-order valence-corrected chi connectivity index (χ2v) is 6.43. The van der Waals surface area contributed by atoms with E-state index in [0.717, 1.165) is 12.8 Å². The van der Waals surface area contributed by atoms with E-state index in [1.54, 1.807) is 0 Å². The first-order valence-corrected chi connectivity index (χ1v) is 7.37. The average molecular weight is 284 g/mol. The van der Waals surface area contributed by atoms with Crippen LogP contribution in [0.15, 0.2) is 0 Å². The van der Waals surface area contributed by atoms with Crippen molar-refractivity contribution in [1.82, 2.24) is 10.2 Å². The number of aliphatic hydroxyl groups excluding tert-OH is 1. The number of hydrogen-bond acceptors (Lipinski definition) is 3. The number of carbonyl (C=O) groups is 2. The van der Waals surface area contributed by atoms with Crippen molar-refractivity contribution < 1.29 is 19.8 Å². The van der Waals surface area contributed by atoms with E-state index in [9.17, 15) is 14.7 Å². The molecule has 2 amide bonds. The van der Waals surface area contributed by atoms with Gasteiger partial charge in [0.05, 0.1) is 6.10 Å². The van der Waals surface area contributed by atoms with E-state index in [2.05, 4.69) is 12.2 Å². The van der Waals surface area contributed by atoms with Crippen molar-refractivity contribution in [2.24, 2.45) is 5.41 Å². The molecule has 0 radical (unpaired) electrons. The number of aliphatic carboxylic acids is 1. The van der Waals surface area contributed by atoms with Crippen molar-refractivity contribution in [3.8, 4) is 0 Å². The molecule has 0 bridgehead atoms. The number of aliphatic hydroxyl groups is 1. The molecule has 2 aliphatic rings. The molecule has 1 saturated carbocycles. The minimum Gasteiger partial charge on any atom is -0.480 e. The highest BCUT2D eigenvalue weighted by atomic mass is 16.4. The summed E-state index contributed by atoms with van der Waals surface area (Å²) >= 11 is 0. The number of β-amino-alcohol motifs (C(OH)–C–C–N with tert-alkyl or cyclic N) is 1. The van der Waals surface area contributed by atoms with E-state index in [-0.39, 0.29) is 24.4 Å². The minimum absolute atomic E-state index is 0.0967. The predicted molar refractivity (Wildman–Crippen MR) is 73.3 cm³/mol. The fraction of sp³-hybridized carbons (Fsp3) is 0.857. The van der Waals surface area contributed by atoms with Gasteiger partial charge in [0.2, 0.25) is 0 Å². The lowest BCUT2D eigenvalue weighted by Gasteiger charge is -2.34. The fourth-order valence-corrected chi connectivity index (χ4v) is 3.25. The highest BCUT2D eigenvalue weighted by Crippen LogP contribution is 2.35. The van der Waals surface area contributed by atoms with Gasteiger partial charge in [-0.2, -0.15) is 0 Å². The Kier molecular flexibility index (Phi) is 4.52. The zero-order valence-corrected chi connectivity index (χ0v) is 12.0. The molecule has 20 heavy (non-hydrogen) atoms. The number of amides is 2. The number of hydrogen-bond donors (Lipinski definition) is 3. The Morgan fingerprint density at radius 2 is 1.95 bits per heavy atom. The van der Waals surface area contributed by atoms with Crippen LogP contribution in [0.4, 0.5) is 4.79 Å². The molecule has 0 aromatic carbocycles. The van der Waals surface area contributed by atoms with Gasteiger partial charge in [-0.1, -0.05) is 26.2 Å². The van der Waals surface area contributed by atoms with Gasteiger partial charge in [0.25, 0.3) is 0 Å². The first-order valence-electron chi connectivity index (χ1n) is 7.37. The third kappa shape index (κ3) is 3.42. The molecule has 1 unspecified atom stereocenters. The number of carboxylic acids is 1. The molecule has 114 valence electrons. The fourth-order valence-electron chi connectivity index (χ4n) is 3.25. The molecule has 3 N–H and O–H groups in total. The Hall–Kier alpha value is -1.30. The molecule has 0 aromatic rings. The number of likely N-dealkylation sites (tertiary alicyclic amines) is 1. The summed E-state index contributed by atoms with van der Waals surface area (Å²) in [7, 11) is 0. The van der Waals surface area contributed by atoms with Crippen molar-refractivity contribution in [3.63, 3.8) is 0 Å². The molecule has 0 spiro atoms. The second-order valence-electron chi connectivity index (χ2n) is 6.43. The number of rotatable bonds is 3. The topological polar surface area (TPSA) is 89.9 Å². The largest absolute Gasteiger partial charge is 0.480 e. The predicted octanol–water partition coefficient (Wildman–Crippen LogP) is 1.19. The average Bonchev–Trinajstić information content (AvgIpc) is 2.79. The highest BCUT2D eigenvalue weighted by Gasteiger charge is 2.39. The first-order chi connectivity index (χ1) is 9.41. The first kappa shape index (κ1) is 15.1. The van der Waals surface area contributed by atoms with Crippen LogP contribution in [-0.4, -0.2) is 52.3 Å². The second kappa shape index (κ2) is 5.99. The van der Waals surface area contributed by atoms with Crippen molar-refractivity contribution in [2.75, 3.05) is 13.1 Å². The van der Waals surface area contributed by atoms with Gasteiger partial charge in [0, 0.05) is 19.5 Å². The van der Waals surface area contributed by atoms with Gasteiger partial charge in [0.1, 0.15) is 6.04 Å². The van der Waals surface area contributed by atoms with Crippen LogP contribution in [0.3, 0.4) is 0 Å². The number of nitrogens with zero attached hydrogens (tertiary/aromatic N) is 1. The van der Waals surface area contributed by atoms with E-state index in [4.69, 9.17) is 5.11 Å². The third-order valence-corrected chi connectivity index (χ3v) is 4.55. The van der Waals surface area contributed by atoms with E-state index >= 15 is 0 Å². The van der Waals surface area contributed by atoms with Crippen LogP contribution in [0.2, 0.25) is 0 Å². The van der Waals surface area contributed by atoms with Crippen LogP contribution >= 0.6 is 0 Å². The molecule has 6 heteroatoms. The number of nitrogens with one attached hydrogen (secondary N) is 1. The van der Waals surface area contributed by atoms with Gasteiger partial charge in [0.15, 0.2) is 0 Å². The zero-order chi connectivity index (χ0) is 14.8. The van der Waals surface area contributed by atoms with E-state index in [1.165, 1.54) is 24.2 Å². The summed E-state index contributed by atoms with van der Waals surface area (Å²) in [5.41, 5.74) is 0.116. The molecule has 2 rings (SSSR count). The van der Waals surface area contributed by atoms with Gasteiger partial charge in [-0.25, -0.2) is 9.59 Å². The molecular weight excluding hydrogens is 260 g/mol. The Morgan fingerprint density at radius 3 is 2.55 bits per heavy atom. The normalized spacial score (nSPS) is 29.2. The molecule has 6 nitrogen and oxygen atoms in total. The maximum absolute atomic E-state index is 12.1. The summed E-state index contributed by atoms with van der Waals surface area (Å²) < 4.78 is 0. The van der Waals surface area contributed by atoms with Crippen molar-refractivity contribution in [3.05, 3.63) is 0 Å². The quantitative estimate of drug-likeness (QED) is 0.726. The van der Waals surface area contributed by atoms with Gasteiger partial charge >= 0.3 is 12.0 Å². The molecule has 2 atom stereocenters.